The number of carbonyl (C=O) groups excluding carboxylic acids is 2. The molecular weight excluding hydrogens is 374 g/mol. The van der Waals surface area contributed by atoms with Crippen LogP contribution in [-0.4, -0.2) is 17.9 Å². The lowest BCUT2D eigenvalue weighted by atomic mass is 9.74. The summed E-state index contributed by atoms with van der Waals surface area (Å²) in [6, 6.07) is 7.68. The summed E-state index contributed by atoms with van der Waals surface area (Å²) in [6.45, 7) is 5.53. The van der Waals surface area contributed by atoms with Gasteiger partial charge in [0.15, 0.2) is 5.78 Å². The number of nitrogens with one attached hydrogen (secondary N) is 1. The average Bonchev–Trinajstić information content (AvgIpc) is 3.33. The highest BCUT2D eigenvalue weighted by molar-refractivity contribution is 7.10. The van der Waals surface area contributed by atoms with Crippen LogP contribution in [0.25, 0.3) is 0 Å². The van der Waals surface area contributed by atoms with Gasteiger partial charge in [-0.05, 0) is 50.8 Å². The Morgan fingerprint density at radius 3 is 2.75 bits per heavy atom. The fraction of sp³-hybridized carbons (Fsp3) is 0.364. The molecule has 2 aliphatic rings. The molecule has 2 aromatic heterocycles. The summed E-state index contributed by atoms with van der Waals surface area (Å²) in [5, 5.41) is 5.31. The lowest BCUT2D eigenvalue weighted by Gasteiger charge is -2.35. The molecule has 5 nitrogen and oxygen atoms in total. The van der Waals surface area contributed by atoms with Crippen molar-refractivity contribution < 1.29 is 18.7 Å². The van der Waals surface area contributed by atoms with E-state index in [1.807, 2.05) is 50.4 Å². The van der Waals surface area contributed by atoms with Gasteiger partial charge in [0.2, 0.25) is 0 Å². The number of furan rings is 1. The van der Waals surface area contributed by atoms with Crippen LogP contribution in [0.15, 0.2) is 62.9 Å². The Bertz CT molecular complexity index is 951. The summed E-state index contributed by atoms with van der Waals surface area (Å²) in [4.78, 5) is 27.1. The quantitative estimate of drug-likeness (QED) is 0.761. The second kappa shape index (κ2) is 7.43. The molecule has 0 bridgehead atoms. The molecule has 0 aromatic carbocycles. The number of rotatable bonds is 4. The maximum absolute atomic E-state index is 13.2. The van der Waals surface area contributed by atoms with Gasteiger partial charge in [-0.25, -0.2) is 4.79 Å². The first kappa shape index (κ1) is 18.7. The maximum Gasteiger partial charge on any atom is 0.337 e. The molecule has 1 N–H and O–H groups in total. The Balaban J connectivity index is 1.77. The van der Waals surface area contributed by atoms with Crippen LogP contribution >= 0.6 is 11.3 Å². The SMILES string of the molecule is CC1=C(C(=O)OC(C)C)[C@@H](c2cccs2)C2=C(C[C@H](c3ccco3)CC2=O)N1. The molecule has 2 atom stereocenters. The Kier molecular flexibility index (Phi) is 4.98. The molecule has 0 radical (unpaired) electrons. The average molecular weight is 397 g/mol. The zero-order valence-corrected chi connectivity index (χ0v) is 17.0. The van der Waals surface area contributed by atoms with Crippen molar-refractivity contribution in [2.24, 2.45) is 0 Å². The fourth-order valence-electron chi connectivity index (χ4n) is 4.05. The highest BCUT2D eigenvalue weighted by Crippen LogP contribution is 2.46. The molecule has 0 amide bonds. The smallest absolute Gasteiger partial charge is 0.337 e. The number of ketones is 1. The molecule has 1 aliphatic carbocycles. The van der Waals surface area contributed by atoms with E-state index >= 15 is 0 Å². The van der Waals surface area contributed by atoms with E-state index in [0.717, 1.165) is 22.0 Å². The van der Waals surface area contributed by atoms with E-state index < -0.39 is 0 Å². The van der Waals surface area contributed by atoms with Crippen LogP contribution in [-0.2, 0) is 14.3 Å². The molecule has 0 saturated heterocycles. The number of ether oxygens (including phenoxy) is 1. The minimum absolute atomic E-state index is 0.00898. The summed E-state index contributed by atoms with van der Waals surface area (Å²) in [5.74, 6) is 0.130. The molecule has 28 heavy (non-hydrogen) atoms. The summed E-state index contributed by atoms with van der Waals surface area (Å²) < 4.78 is 11.0. The topological polar surface area (TPSA) is 68.5 Å². The Hall–Kier alpha value is -2.60. The molecule has 0 saturated carbocycles. The van der Waals surface area contributed by atoms with Gasteiger partial charge in [0.25, 0.3) is 0 Å². The minimum atomic E-state index is -0.382. The van der Waals surface area contributed by atoms with Gasteiger partial charge in [-0.3, -0.25) is 4.79 Å². The molecule has 146 valence electrons. The number of allylic oxidation sites excluding steroid dienone is 3. The largest absolute Gasteiger partial charge is 0.469 e. The third-order valence-electron chi connectivity index (χ3n) is 5.16. The summed E-state index contributed by atoms with van der Waals surface area (Å²) in [6.07, 6.45) is 2.47. The number of esters is 1. The zero-order valence-electron chi connectivity index (χ0n) is 16.2. The standard InChI is InChI=1S/C22H23NO4S/c1-12(2)27-22(25)19-13(3)23-15-10-14(17-6-4-8-26-17)11-16(24)20(15)21(19)18-7-5-9-28-18/h4-9,12,14,21,23H,10-11H2,1-3H3/t14-,21+/m0/s1. The normalized spacial score (nSPS) is 22.4. The van der Waals surface area contributed by atoms with Crippen molar-refractivity contribution in [2.75, 3.05) is 0 Å². The number of dihydropyridines is 1. The molecule has 3 heterocycles. The van der Waals surface area contributed by atoms with Crippen molar-refractivity contribution in [1.82, 2.24) is 5.32 Å². The monoisotopic (exact) mass is 397 g/mol. The van der Waals surface area contributed by atoms with Gasteiger partial charge in [-0.15, -0.1) is 11.3 Å². The first-order valence-corrected chi connectivity index (χ1v) is 10.4. The highest BCUT2D eigenvalue weighted by Gasteiger charge is 2.42. The minimum Gasteiger partial charge on any atom is -0.469 e. The van der Waals surface area contributed by atoms with Crippen molar-refractivity contribution in [3.8, 4) is 0 Å². The van der Waals surface area contributed by atoms with E-state index in [1.54, 1.807) is 17.6 Å². The van der Waals surface area contributed by atoms with E-state index in [9.17, 15) is 9.59 Å². The molecule has 4 rings (SSSR count). The van der Waals surface area contributed by atoms with Crippen molar-refractivity contribution in [2.45, 2.75) is 51.6 Å². The number of hydrogen-bond acceptors (Lipinski definition) is 6. The van der Waals surface area contributed by atoms with Gasteiger partial charge >= 0.3 is 5.97 Å². The summed E-state index contributed by atoms with van der Waals surface area (Å²) in [7, 11) is 0. The molecule has 2 aromatic rings. The lowest BCUT2D eigenvalue weighted by molar-refractivity contribution is -0.143. The van der Waals surface area contributed by atoms with Gasteiger partial charge < -0.3 is 14.5 Å². The Labute approximate surface area is 168 Å². The van der Waals surface area contributed by atoms with E-state index in [4.69, 9.17) is 9.15 Å². The summed E-state index contributed by atoms with van der Waals surface area (Å²) in [5.41, 5.74) is 2.84. The number of hydrogen-bond donors (Lipinski definition) is 1. The van der Waals surface area contributed by atoms with Gasteiger partial charge in [-0.1, -0.05) is 6.07 Å². The zero-order chi connectivity index (χ0) is 19.8. The van der Waals surface area contributed by atoms with Crippen LogP contribution in [0.1, 0.15) is 56.1 Å². The van der Waals surface area contributed by atoms with Gasteiger partial charge in [0.1, 0.15) is 5.76 Å². The third kappa shape index (κ3) is 3.33. The number of Topliss-reactive ketones (excluding diaryl/α,β-unsaturated/α-hetero) is 1. The van der Waals surface area contributed by atoms with Crippen LogP contribution < -0.4 is 5.32 Å². The Morgan fingerprint density at radius 2 is 2.11 bits per heavy atom. The molecule has 0 fully saturated rings. The third-order valence-corrected chi connectivity index (χ3v) is 6.10. The van der Waals surface area contributed by atoms with Gasteiger partial charge in [0, 0.05) is 34.2 Å². The number of thiophene rings is 1. The fourth-order valence-corrected chi connectivity index (χ4v) is 4.90. The van der Waals surface area contributed by atoms with E-state index in [2.05, 4.69) is 5.32 Å². The van der Waals surface area contributed by atoms with E-state index in [1.165, 1.54) is 0 Å². The first-order chi connectivity index (χ1) is 13.5. The van der Waals surface area contributed by atoms with Gasteiger partial charge in [0.05, 0.1) is 23.9 Å². The molecule has 6 heteroatoms. The van der Waals surface area contributed by atoms with Crippen LogP contribution in [0, 0.1) is 0 Å². The maximum atomic E-state index is 13.2. The van der Waals surface area contributed by atoms with Crippen molar-refractivity contribution in [3.05, 3.63) is 69.1 Å². The lowest BCUT2D eigenvalue weighted by Crippen LogP contribution is -2.36. The van der Waals surface area contributed by atoms with Crippen LogP contribution in [0.5, 0.6) is 0 Å². The molecule has 1 aliphatic heterocycles. The Morgan fingerprint density at radius 1 is 1.29 bits per heavy atom. The number of carbonyl (C=O) groups is 2. The van der Waals surface area contributed by atoms with Crippen molar-refractivity contribution >= 4 is 23.1 Å². The molecule has 0 spiro atoms. The van der Waals surface area contributed by atoms with Crippen LogP contribution in [0.3, 0.4) is 0 Å². The predicted octanol–water partition coefficient (Wildman–Crippen LogP) is 4.65. The summed E-state index contributed by atoms with van der Waals surface area (Å²) >= 11 is 1.55. The van der Waals surface area contributed by atoms with Crippen LogP contribution in [0.2, 0.25) is 0 Å². The predicted molar refractivity (Wildman–Crippen MR) is 107 cm³/mol. The van der Waals surface area contributed by atoms with Crippen LogP contribution in [0.4, 0.5) is 0 Å². The van der Waals surface area contributed by atoms with E-state index in [0.29, 0.717) is 24.0 Å². The van der Waals surface area contributed by atoms with Crippen molar-refractivity contribution in [3.63, 3.8) is 0 Å². The molecular formula is C22H23NO4S. The molecule has 0 unspecified atom stereocenters. The van der Waals surface area contributed by atoms with Gasteiger partial charge in [-0.2, -0.15) is 0 Å². The van der Waals surface area contributed by atoms with E-state index in [-0.39, 0.29) is 29.7 Å². The second-order valence-electron chi connectivity index (χ2n) is 7.50. The second-order valence-corrected chi connectivity index (χ2v) is 8.48. The highest BCUT2D eigenvalue weighted by atomic mass is 32.1. The first-order valence-electron chi connectivity index (χ1n) is 9.47. The van der Waals surface area contributed by atoms with Crippen molar-refractivity contribution in [1.29, 1.82) is 0 Å².